The normalized spacial score (nSPS) is 21.5. The first-order chi connectivity index (χ1) is 16.4. The topological polar surface area (TPSA) is 57.9 Å². The lowest BCUT2D eigenvalue weighted by atomic mass is 9.68. The van der Waals surface area contributed by atoms with Gasteiger partial charge in [-0.15, -0.1) is 0 Å². The largest absolute Gasteiger partial charge is 0.497 e. The van der Waals surface area contributed by atoms with Crippen LogP contribution in [0.15, 0.2) is 42.5 Å². The predicted molar refractivity (Wildman–Crippen MR) is 127 cm³/mol. The first-order valence-electron chi connectivity index (χ1n) is 12.0. The summed E-state index contributed by atoms with van der Waals surface area (Å²) in [5, 5.41) is 11.6. The number of amides is 1. The molecule has 3 aliphatic rings. The Morgan fingerprint density at radius 3 is 2.65 bits per heavy atom. The summed E-state index contributed by atoms with van der Waals surface area (Å²) in [5.41, 5.74) is 4.05. The zero-order valence-electron chi connectivity index (χ0n) is 19.6. The number of likely N-dealkylation sites (tertiary alicyclic amines) is 1. The number of aryl methyl sites for hydroxylation is 1. The molecule has 1 aliphatic carbocycles. The van der Waals surface area contributed by atoms with Crippen LogP contribution in [-0.2, 0) is 23.8 Å². The lowest BCUT2D eigenvalue weighted by Gasteiger charge is -2.56. The van der Waals surface area contributed by atoms with E-state index in [0.29, 0.717) is 13.1 Å². The first kappa shape index (κ1) is 21.6. The van der Waals surface area contributed by atoms with E-state index in [1.54, 1.807) is 19.2 Å². The molecule has 34 heavy (non-hydrogen) atoms. The van der Waals surface area contributed by atoms with Crippen LogP contribution in [0.25, 0.3) is 10.9 Å². The molecule has 6 nitrogen and oxygen atoms in total. The zero-order valence-corrected chi connectivity index (χ0v) is 19.6. The number of ether oxygens (including phenoxy) is 1. The molecule has 0 unspecified atom stereocenters. The molecule has 3 heterocycles. The van der Waals surface area contributed by atoms with Gasteiger partial charge in [-0.3, -0.25) is 9.69 Å². The molecule has 0 bridgehead atoms. The molecule has 1 saturated carbocycles. The number of aliphatic hydroxyl groups is 1. The maximum absolute atomic E-state index is 13.7. The number of halogens is 1. The molecule has 1 atom stereocenters. The molecular weight excluding hydrogens is 433 g/mol. The molecule has 3 aromatic rings. The highest BCUT2D eigenvalue weighted by molar-refractivity contribution is 5.90. The summed E-state index contributed by atoms with van der Waals surface area (Å²) in [5.74, 6) is 0.816. The van der Waals surface area contributed by atoms with E-state index >= 15 is 0 Å². The Balaban J connectivity index is 1.43. The minimum Gasteiger partial charge on any atom is -0.497 e. The highest BCUT2D eigenvalue weighted by Crippen LogP contribution is 2.51. The summed E-state index contributed by atoms with van der Waals surface area (Å²) >= 11 is 0. The maximum atomic E-state index is 13.7. The Morgan fingerprint density at radius 2 is 1.97 bits per heavy atom. The second-order valence-corrected chi connectivity index (χ2v) is 10.2. The number of fused-ring (bicyclic) bond motifs is 4. The third kappa shape index (κ3) is 3.25. The van der Waals surface area contributed by atoms with Crippen LogP contribution in [0.1, 0.15) is 35.7 Å². The number of nitrogens with zero attached hydrogens (tertiary/aromatic N) is 3. The van der Waals surface area contributed by atoms with Crippen molar-refractivity contribution in [3.8, 4) is 5.75 Å². The summed E-state index contributed by atoms with van der Waals surface area (Å²) in [4.78, 5) is 17.6. The van der Waals surface area contributed by atoms with Crippen LogP contribution in [0.5, 0.6) is 5.75 Å². The highest BCUT2D eigenvalue weighted by atomic mass is 19.1. The maximum Gasteiger partial charge on any atom is 0.226 e. The number of aliphatic hydroxyl groups excluding tert-OH is 1. The van der Waals surface area contributed by atoms with Gasteiger partial charge in [0.1, 0.15) is 11.6 Å². The van der Waals surface area contributed by atoms with E-state index in [0.717, 1.165) is 53.8 Å². The van der Waals surface area contributed by atoms with Gasteiger partial charge >= 0.3 is 0 Å². The highest BCUT2D eigenvalue weighted by Gasteiger charge is 2.55. The van der Waals surface area contributed by atoms with Crippen molar-refractivity contribution in [1.29, 1.82) is 0 Å². The minimum atomic E-state index is -0.352. The summed E-state index contributed by atoms with van der Waals surface area (Å²) in [7, 11) is 3.68. The molecule has 178 valence electrons. The van der Waals surface area contributed by atoms with E-state index in [2.05, 4.69) is 15.5 Å². The molecule has 2 aliphatic heterocycles. The fraction of sp³-hybridized carbons (Fsp3) is 0.444. The van der Waals surface area contributed by atoms with Crippen LogP contribution < -0.4 is 4.74 Å². The van der Waals surface area contributed by atoms with Crippen molar-refractivity contribution in [3.05, 3.63) is 65.1 Å². The van der Waals surface area contributed by atoms with Gasteiger partial charge in [-0.1, -0.05) is 12.1 Å². The van der Waals surface area contributed by atoms with E-state index < -0.39 is 0 Å². The average Bonchev–Trinajstić information content (AvgIpc) is 3.62. The number of benzene rings is 2. The number of hydrogen-bond donors (Lipinski definition) is 1. The van der Waals surface area contributed by atoms with Crippen molar-refractivity contribution in [2.45, 2.75) is 30.8 Å². The quantitative estimate of drug-likeness (QED) is 0.631. The Bertz CT molecular complexity index is 1280. The standard InChI is InChI=1S/C27H30FN3O3/c1-29-22-11-20(34-2)8-9-21(22)24-25(29)23(13-32)31(26(33)18-6-7-18)16-27(24)14-30(15-27)12-17-4-3-5-19(28)10-17/h3-5,8-11,18,23,32H,6-7,12-16H2,1-2H3/t23-/m0/s1. The number of carbonyl (C=O) groups is 1. The second kappa shape index (κ2) is 7.82. The molecule has 2 aromatic carbocycles. The average molecular weight is 464 g/mol. The fourth-order valence-corrected chi connectivity index (χ4v) is 6.23. The van der Waals surface area contributed by atoms with Crippen molar-refractivity contribution in [1.82, 2.24) is 14.4 Å². The Morgan fingerprint density at radius 1 is 1.18 bits per heavy atom. The van der Waals surface area contributed by atoms with Gasteiger partial charge in [-0.2, -0.15) is 0 Å². The van der Waals surface area contributed by atoms with Crippen LogP contribution >= 0.6 is 0 Å². The molecule has 0 radical (unpaired) electrons. The van der Waals surface area contributed by atoms with Gasteiger partial charge < -0.3 is 19.3 Å². The number of hydrogen-bond acceptors (Lipinski definition) is 4. The third-order valence-electron chi connectivity index (χ3n) is 7.88. The molecule has 2 fully saturated rings. The van der Waals surface area contributed by atoms with Crippen LogP contribution in [0, 0.1) is 11.7 Å². The van der Waals surface area contributed by atoms with E-state index in [1.807, 2.05) is 30.1 Å². The second-order valence-electron chi connectivity index (χ2n) is 10.2. The SMILES string of the molecule is COc1ccc2c3c(n(C)c2c1)[C@H](CO)N(C(=O)C1CC1)CC31CN(Cc2cccc(F)c2)C1. The Hall–Kier alpha value is -2.90. The summed E-state index contributed by atoms with van der Waals surface area (Å²) < 4.78 is 21.3. The van der Waals surface area contributed by atoms with E-state index in [-0.39, 0.29) is 35.7 Å². The van der Waals surface area contributed by atoms with Gasteiger partial charge in [0.15, 0.2) is 0 Å². The van der Waals surface area contributed by atoms with Crippen molar-refractivity contribution < 1.29 is 19.0 Å². The van der Waals surface area contributed by atoms with Gasteiger partial charge in [-0.05, 0) is 48.2 Å². The van der Waals surface area contributed by atoms with Gasteiger partial charge in [0.2, 0.25) is 5.91 Å². The van der Waals surface area contributed by atoms with Crippen molar-refractivity contribution in [2.75, 3.05) is 33.4 Å². The molecule has 1 aromatic heterocycles. The summed E-state index contributed by atoms with van der Waals surface area (Å²) in [6, 6.07) is 12.5. The Labute approximate surface area is 198 Å². The van der Waals surface area contributed by atoms with E-state index in [1.165, 1.54) is 11.6 Å². The molecular formula is C27H30FN3O3. The number of carbonyl (C=O) groups excluding carboxylic acids is 1. The van der Waals surface area contributed by atoms with Gasteiger partial charge in [-0.25, -0.2) is 4.39 Å². The monoisotopic (exact) mass is 463 g/mol. The lowest BCUT2D eigenvalue weighted by molar-refractivity contribution is -0.140. The van der Waals surface area contributed by atoms with Crippen LogP contribution in [-0.4, -0.2) is 58.7 Å². The van der Waals surface area contributed by atoms with E-state index in [9.17, 15) is 14.3 Å². The summed E-state index contributed by atoms with van der Waals surface area (Å²) in [6.07, 6.45) is 1.87. The molecule has 1 spiro atoms. The number of methoxy groups -OCH3 is 1. The van der Waals surface area contributed by atoms with Gasteiger partial charge in [0.25, 0.3) is 0 Å². The molecule has 1 saturated heterocycles. The van der Waals surface area contributed by atoms with Crippen molar-refractivity contribution in [2.24, 2.45) is 13.0 Å². The van der Waals surface area contributed by atoms with E-state index in [4.69, 9.17) is 4.74 Å². The minimum absolute atomic E-state index is 0.0888. The molecule has 6 rings (SSSR count). The number of rotatable bonds is 5. The Kier molecular flexibility index (Phi) is 4.97. The van der Waals surface area contributed by atoms with Crippen molar-refractivity contribution >= 4 is 16.8 Å². The van der Waals surface area contributed by atoms with Crippen LogP contribution in [0.2, 0.25) is 0 Å². The molecule has 1 N–H and O–H groups in total. The summed E-state index contributed by atoms with van der Waals surface area (Å²) in [6.45, 7) is 2.75. The molecule has 1 amide bonds. The lowest BCUT2D eigenvalue weighted by Crippen LogP contribution is -2.66. The first-order valence-corrected chi connectivity index (χ1v) is 12.0. The van der Waals surface area contributed by atoms with Crippen LogP contribution in [0.3, 0.4) is 0 Å². The zero-order chi connectivity index (χ0) is 23.6. The predicted octanol–water partition coefficient (Wildman–Crippen LogP) is 3.37. The number of aromatic nitrogens is 1. The smallest absolute Gasteiger partial charge is 0.226 e. The van der Waals surface area contributed by atoms with Crippen molar-refractivity contribution in [3.63, 3.8) is 0 Å². The molecule has 7 heteroatoms. The van der Waals surface area contributed by atoms with Crippen LogP contribution in [0.4, 0.5) is 4.39 Å². The third-order valence-corrected chi connectivity index (χ3v) is 7.88. The van der Waals surface area contributed by atoms with Gasteiger partial charge in [0, 0.05) is 61.7 Å². The van der Waals surface area contributed by atoms with Gasteiger partial charge in [0.05, 0.1) is 25.3 Å². The fourth-order valence-electron chi connectivity index (χ4n) is 6.23.